The number of nitrogens with zero attached hydrogens (tertiary/aromatic N) is 4. The molecule has 0 aliphatic heterocycles. The summed E-state index contributed by atoms with van der Waals surface area (Å²) in [5.41, 5.74) is 7.33. The van der Waals surface area contributed by atoms with Gasteiger partial charge in [0.1, 0.15) is 24.9 Å². The van der Waals surface area contributed by atoms with Crippen LogP contribution in [0.5, 0.6) is 0 Å². The first-order chi connectivity index (χ1) is 11.6. The number of carboxylic acid groups (broad SMARTS) is 1. The summed E-state index contributed by atoms with van der Waals surface area (Å²) in [6, 6.07) is 0. The van der Waals surface area contributed by atoms with Crippen LogP contribution in [-0.4, -0.2) is 43.4 Å². The molecule has 1 saturated carbocycles. The fraction of sp³-hybridized carbons (Fsp3) is 0.500. The lowest BCUT2D eigenvalue weighted by Gasteiger charge is -2.17. The van der Waals surface area contributed by atoms with Crippen molar-refractivity contribution in [2.24, 2.45) is 5.92 Å². The number of hydrogen-bond donors (Lipinski definition) is 2. The molecule has 8 nitrogen and oxygen atoms in total. The van der Waals surface area contributed by atoms with Crippen LogP contribution in [0.4, 0.5) is 5.82 Å². The fourth-order valence-corrected chi connectivity index (χ4v) is 2.99. The van der Waals surface area contributed by atoms with Crippen LogP contribution in [0.25, 0.3) is 5.78 Å². The zero-order valence-corrected chi connectivity index (χ0v) is 13.4. The van der Waals surface area contributed by atoms with Gasteiger partial charge in [0.25, 0.3) is 5.78 Å². The van der Waals surface area contributed by atoms with Crippen LogP contribution >= 0.6 is 0 Å². The van der Waals surface area contributed by atoms with E-state index in [0.717, 1.165) is 25.7 Å². The summed E-state index contributed by atoms with van der Waals surface area (Å²) in [6.07, 6.45) is 5.18. The van der Waals surface area contributed by atoms with Crippen LogP contribution in [0.3, 0.4) is 0 Å². The monoisotopic (exact) mass is 329 g/mol. The quantitative estimate of drug-likeness (QED) is 0.805. The molecule has 1 unspecified atom stereocenters. The second kappa shape index (κ2) is 6.84. The third kappa shape index (κ3) is 3.31. The number of ether oxygens (including phenoxy) is 1. The minimum absolute atomic E-state index is 0.251. The number of carboxylic acids is 1. The molecule has 3 N–H and O–H groups in total. The first-order valence-electron chi connectivity index (χ1n) is 7.87. The number of fused-ring (bicyclic) bond motifs is 1. The molecule has 8 heteroatoms. The Kier molecular flexibility index (Phi) is 4.62. The largest absolute Gasteiger partial charge is 0.480 e. The molecule has 0 saturated heterocycles. The summed E-state index contributed by atoms with van der Waals surface area (Å²) in [5.74, 6) is 6.11. The SMILES string of the molecule is Cc1nc2ncnn2c(N)c1C#CC(OCC(=O)O)C1CCCC1. The maximum absolute atomic E-state index is 10.8. The number of nitrogens with two attached hydrogens (primary N) is 1. The van der Waals surface area contributed by atoms with E-state index in [4.69, 9.17) is 15.6 Å². The molecule has 126 valence electrons. The van der Waals surface area contributed by atoms with Gasteiger partial charge in [-0.1, -0.05) is 24.7 Å². The van der Waals surface area contributed by atoms with Crippen LogP contribution in [0.2, 0.25) is 0 Å². The second-order valence-electron chi connectivity index (χ2n) is 5.87. The minimum Gasteiger partial charge on any atom is -0.480 e. The summed E-state index contributed by atoms with van der Waals surface area (Å²) in [5, 5.41) is 12.9. The summed E-state index contributed by atoms with van der Waals surface area (Å²) in [4.78, 5) is 19.1. The Balaban J connectivity index is 1.90. The van der Waals surface area contributed by atoms with Crippen molar-refractivity contribution in [3.63, 3.8) is 0 Å². The molecular formula is C16H19N5O3. The molecule has 0 radical (unpaired) electrons. The highest BCUT2D eigenvalue weighted by Gasteiger charge is 2.25. The van der Waals surface area contributed by atoms with Crippen molar-refractivity contribution < 1.29 is 14.6 Å². The number of rotatable bonds is 4. The molecule has 1 fully saturated rings. The fourth-order valence-electron chi connectivity index (χ4n) is 2.99. The van der Waals surface area contributed by atoms with Gasteiger partial charge in [0.2, 0.25) is 0 Å². The molecule has 0 amide bonds. The molecule has 2 aromatic heterocycles. The Hall–Kier alpha value is -2.66. The predicted molar refractivity (Wildman–Crippen MR) is 86.1 cm³/mol. The number of hydrogen-bond acceptors (Lipinski definition) is 6. The van der Waals surface area contributed by atoms with Crippen LogP contribution in [-0.2, 0) is 9.53 Å². The summed E-state index contributed by atoms with van der Waals surface area (Å²) in [7, 11) is 0. The molecular weight excluding hydrogens is 310 g/mol. The Morgan fingerprint density at radius 2 is 2.29 bits per heavy atom. The Bertz CT molecular complexity index is 814. The van der Waals surface area contributed by atoms with Crippen molar-refractivity contribution >= 4 is 17.6 Å². The third-order valence-electron chi connectivity index (χ3n) is 4.20. The van der Waals surface area contributed by atoms with Gasteiger partial charge in [-0.25, -0.2) is 9.78 Å². The highest BCUT2D eigenvalue weighted by Crippen LogP contribution is 2.29. The minimum atomic E-state index is -0.999. The zero-order valence-electron chi connectivity index (χ0n) is 13.4. The molecule has 1 atom stereocenters. The number of carbonyl (C=O) groups is 1. The van der Waals surface area contributed by atoms with Crippen molar-refractivity contribution in [1.29, 1.82) is 0 Å². The van der Waals surface area contributed by atoms with Crippen LogP contribution < -0.4 is 5.73 Å². The molecule has 1 aliphatic rings. The number of aryl methyl sites for hydroxylation is 1. The normalized spacial score (nSPS) is 16.0. The average Bonchev–Trinajstić information content (AvgIpc) is 3.20. The zero-order chi connectivity index (χ0) is 17.1. The number of nitrogen functional groups attached to an aromatic ring is 1. The van der Waals surface area contributed by atoms with Gasteiger partial charge in [0.15, 0.2) is 0 Å². The average molecular weight is 329 g/mol. The van der Waals surface area contributed by atoms with Gasteiger partial charge >= 0.3 is 5.97 Å². The van der Waals surface area contributed by atoms with Crippen LogP contribution in [0.1, 0.15) is 36.9 Å². The Morgan fingerprint density at radius 3 is 3.00 bits per heavy atom. The van der Waals surface area contributed by atoms with Gasteiger partial charge in [-0.05, 0) is 25.7 Å². The topological polar surface area (TPSA) is 116 Å². The lowest BCUT2D eigenvalue weighted by Crippen LogP contribution is -2.23. The molecule has 3 rings (SSSR count). The van der Waals surface area contributed by atoms with Gasteiger partial charge < -0.3 is 15.6 Å². The van der Waals surface area contributed by atoms with Crippen molar-refractivity contribution in [3.8, 4) is 11.8 Å². The van der Waals surface area contributed by atoms with E-state index in [2.05, 4.69) is 26.9 Å². The molecule has 0 spiro atoms. The van der Waals surface area contributed by atoms with E-state index in [1.165, 1.54) is 10.8 Å². The first kappa shape index (κ1) is 16.2. The van der Waals surface area contributed by atoms with E-state index in [0.29, 0.717) is 22.9 Å². The van der Waals surface area contributed by atoms with Gasteiger partial charge in [-0.2, -0.15) is 14.6 Å². The van der Waals surface area contributed by atoms with E-state index in [-0.39, 0.29) is 12.5 Å². The highest BCUT2D eigenvalue weighted by molar-refractivity contribution is 5.68. The molecule has 2 heterocycles. The molecule has 0 aromatic carbocycles. The summed E-state index contributed by atoms with van der Waals surface area (Å²) in [6.45, 7) is 1.45. The number of anilines is 1. The molecule has 1 aliphatic carbocycles. The van der Waals surface area contributed by atoms with E-state index in [9.17, 15) is 4.79 Å². The Labute approximate surface area is 139 Å². The van der Waals surface area contributed by atoms with E-state index in [1.54, 1.807) is 6.92 Å². The lowest BCUT2D eigenvalue weighted by atomic mass is 10.0. The smallest absolute Gasteiger partial charge is 0.329 e. The molecule has 2 aromatic rings. The third-order valence-corrected chi connectivity index (χ3v) is 4.20. The number of aromatic nitrogens is 4. The second-order valence-corrected chi connectivity index (χ2v) is 5.87. The maximum Gasteiger partial charge on any atom is 0.329 e. The molecule has 24 heavy (non-hydrogen) atoms. The van der Waals surface area contributed by atoms with E-state index < -0.39 is 12.1 Å². The van der Waals surface area contributed by atoms with Gasteiger partial charge in [-0.3, -0.25) is 0 Å². The van der Waals surface area contributed by atoms with Crippen LogP contribution in [0.15, 0.2) is 6.33 Å². The molecule has 0 bridgehead atoms. The van der Waals surface area contributed by atoms with Crippen molar-refractivity contribution in [2.75, 3.05) is 12.3 Å². The lowest BCUT2D eigenvalue weighted by molar-refractivity contribution is -0.144. The van der Waals surface area contributed by atoms with Crippen molar-refractivity contribution in [2.45, 2.75) is 38.7 Å². The van der Waals surface area contributed by atoms with E-state index >= 15 is 0 Å². The van der Waals surface area contributed by atoms with Crippen molar-refractivity contribution in [3.05, 3.63) is 17.6 Å². The standard InChI is InChI=1S/C16H19N5O3/c1-10-12(15(17)21-16(20-10)18-9-19-21)6-7-13(24-8-14(22)23)11-4-2-3-5-11/h9,11,13H,2-5,8,17H2,1H3,(H,22,23). The van der Waals surface area contributed by atoms with Gasteiger partial charge in [0, 0.05) is 0 Å². The Morgan fingerprint density at radius 1 is 1.54 bits per heavy atom. The van der Waals surface area contributed by atoms with Crippen molar-refractivity contribution in [1.82, 2.24) is 19.6 Å². The summed E-state index contributed by atoms with van der Waals surface area (Å²) < 4.78 is 6.92. The highest BCUT2D eigenvalue weighted by atomic mass is 16.5. The van der Waals surface area contributed by atoms with E-state index in [1.807, 2.05) is 0 Å². The van der Waals surface area contributed by atoms with Gasteiger partial charge in [0.05, 0.1) is 11.3 Å². The maximum atomic E-state index is 10.8. The summed E-state index contributed by atoms with van der Waals surface area (Å²) >= 11 is 0. The predicted octanol–water partition coefficient (Wildman–Crippen LogP) is 1.03. The number of aliphatic carboxylic acids is 1. The van der Waals surface area contributed by atoms with Gasteiger partial charge in [-0.15, -0.1) is 0 Å². The first-order valence-corrected chi connectivity index (χ1v) is 7.87. The van der Waals surface area contributed by atoms with Crippen LogP contribution in [0, 0.1) is 24.7 Å².